The van der Waals surface area contributed by atoms with Gasteiger partial charge in [0.2, 0.25) is 10.0 Å². The Bertz CT molecular complexity index is 998. The smallest absolute Gasteiger partial charge is 0.338 e. The molecule has 0 atom stereocenters. The van der Waals surface area contributed by atoms with Gasteiger partial charge in [-0.3, -0.25) is 9.59 Å². The van der Waals surface area contributed by atoms with Crippen LogP contribution in [0.1, 0.15) is 30.1 Å². The zero-order valence-corrected chi connectivity index (χ0v) is 20.2. The van der Waals surface area contributed by atoms with Crippen LogP contribution in [0.2, 0.25) is 0 Å². The van der Waals surface area contributed by atoms with Crippen LogP contribution in [0.25, 0.3) is 0 Å². The molecule has 2 saturated heterocycles. The predicted molar refractivity (Wildman–Crippen MR) is 119 cm³/mol. The molecule has 2 fully saturated rings. The van der Waals surface area contributed by atoms with Gasteiger partial charge in [-0.2, -0.15) is 4.31 Å². The fraction of sp³-hybridized carbons (Fsp3) is 0.591. The maximum atomic E-state index is 13.1. The van der Waals surface area contributed by atoms with Gasteiger partial charge in [0.25, 0.3) is 5.91 Å². The number of benzene rings is 1. The van der Waals surface area contributed by atoms with Crippen molar-refractivity contribution in [2.45, 2.75) is 24.7 Å². The van der Waals surface area contributed by atoms with E-state index in [1.165, 1.54) is 34.5 Å². The highest BCUT2D eigenvalue weighted by Gasteiger charge is 2.31. The van der Waals surface area contributed by atoms with Gasteiger partial charge in [0, 0.05) is 26.2 Å². The molecule has 1 amide bonds. The van der Waals surface area contributed by atoms with E-state index in [9.17, 15) is 22.8 Å². The molecular weight excluding hydrogens is 468 g/mol. The third kappa shape index (κ3) is 6.05. The maximum absolute atomic E-state index is 13.1. The first-order chi connectivity index (χ1) is 16.3. The minimum atomic E-state index is -3.92. The van der Waals surface area contributed by atoms with Crippen LogP contribution >= 0.6 is 0 Å². The largest absolute Gasteiger partial charge is 0.495 e. The molecule has 34 heavy (non-hydrogen) atoms. The first-order valence-corrected chi connectivity index (χ1v) is 12.6. The predicted octanol–water partition coefficient (Wildman–Crippen LogP) is 0.675. The first kappa shape index (κ1) is 25.9. The molecule has 1 aromatic rings. The lowest BCUT2D eigenvalue weighted by molar-refractivity contribution is -0.151. The van der Waals surface area contributed by atoms with E-state index in [0.29, 0.717) is 32.5 Å². The van der Waals surface area contributed by atoms with Gasteiger partial charge in [0.05, 0.1) is 38.4 Å². The highest BCUT2D eigenvalue weighted by molar-refractivity contribution is 7.89. The molecule has 0 aliphatic carbocycles. The van der Waals surface area contributed by atoms with E-state index in [0.717, 1.165) is 0 Å². The zero-order valence-electron chi connectivity index (χ0n) is 19.4. The molecular formula is C22H30N2O9S. The van der Waals surface area contributed by atoms with Gasteiger partial charge >= 0.3 is 11.9 Å². The number of sulfonamides is 1. The van der Waals surface area contributed by atoms with Gasteiger partial charge in [0.1, 0.15) is 10.6 Å². The van der Waals surface area contributed by atoms with Crippen LogP contribution in [0, 0.1) is 5.92 Å². The van der Waals surface area contributed by atoms with Crippen LogP contribution in [0.15, 0.2) is 23.1 Å². The molecule has 2 heterocycles. The van der Waals surface area contributed by atoms with E-state index < -0.39 is 22.6 Å². The number of likely N-dealkylation sites (tertiary alicyclic amines) is 1. The average Bonchev–Trinajstić information content (AvgIpc) is 2.87. The highest BCUT2D eigenvalue weighted by Crippen LogP contribution is 2.29. The van der Waals surface area contributed by atoms with E-state index in [1.54, 1.807) is 6.92 Å². The number of amides is 1. The first-order valence-electron chi connectivity index (χ1n) is 11.2. The quantitative estimate of drug-likeness (QED) is 0.475. The maximum Gasteiger partial charge on any atom is 0.338 e. The van der Waals surface area contributed by atoms with Crippen molar-refractivity contribution in [1.29, 1.82) is 0 Å². The van der Waals surface area contributed by atoms with Gasteiger partial charge < -0.3 is 23.8 Å². The van der Waals surface area contributed by atoms with Crippen molar-refractivity contribution in [2.75, 3.05) is 59.7 Å². The third-order valence-electron chi connectivity index (χ3n) is 5.78. The van der Waals surface area contributed by atoms with Crippen molar-refractivity contribution < 1.29 is 41.7 Å². The summed E-state index contributed by atoms with van der Waals surface area (Å²) in [5.41, 5.74) is -0.0125. The molecule has 11 nitrogen and oxygen atoms in total. The molecule has 0 bridgehead atoms. The van der Waals surface area contributed by atoms with Crippen LogP contribution in [0.4, 0.5) is 0 Å². The van der Waals surface area contributed by atoms with Crippen molar-refractivity contribution in [3.8, 4) is 5.75 Å². The Morgan fingerprint density at radius 1 is 1.06 bits per heavy atom. The number of methoxy groups -OCH3 is 1. The van der Waals surface area contributed by atoms with Gasteiger partial charge in [0.15, 0.2) is 6.61 Å². The molecule has 12 heteroatoms. The number of esters is 2. The number of morpholine rings is 1. The Labute approximate surface area is 198 Å². The zero-order chi connectivity index (χ0) is 24.7. The molecule has 2 aliphatic rings. The fourth-order valence-electron chi connectivity index (χ4n) is 3.86. The number of carbonyl (C=O) groups excluding carboxylic acids is 3. The Morgan fingerprint density at radius 3 is 2.35 bits per heavy atom. The third-order valence-corrected chi connectivity index (χ3v) is 7.70. The van der Waals surface area contributed by atoms with Crippen LogP contribution in [-0.2, 0) is 33.8 Å². The second-order valence-corrected chi connectivity index (χ2v) is 9.77. The topological polar surface area (TPSA) is 129 Å². The molecule has 0 radical (unpaired) electrons. The van der Waals surface area contributed by atoms with Gasteiger partial charge in [-0.15, -0.1) is 0 Å². The Morgan fingerprint density at radius 2 is 1.74 bits per heavy atom. The normalized spacial score (nSPS) is 17.8. The number of carbonyl (C=O) groups is 3. The number of nitrogens with zero attached hydrogens (tertiary/aromatic N) is 2. The van der Waals surface area contributed by atoms with Crippen molar-refractivity contribution in [3.05, 3.63) is 23.8 Å². The number of rotatable bonds is 8. The van der Waals surface area contributed by atoms with Crippen molar-refractivity contribution in [1.82, 2.24) is 9.21 Å². The van der Waals surface area contributed by atoms with Gasteiger partial charge in [-0.25, -0.2) is 13.2 Å². The van der Waals surface area contributed by atoms with E-state index in [-0.39, 0.29) is 60.3 Å². The fourth-order valence-corrected chi connectivity index (χ4v) is 5.45. The molecule has 188 valence electrons. The summed E-state index contributed by atoms with van der Waals surface area (Å²) in [5.74, 6) is -1.61. The van der Waals surface area contributed by atoms with Gasteiger partial charge in [-0.1, -0.05) is 0 Å². The minimum absolute atomic E-state index is 0.0125. The summed E-state index contributed by atoms with van der Waals surface area (Å²) in [6.45, 7) is 3.26. The number of hydrogen-bond donors (Lipinski definition) is 0. The van der Waals surface area contributed by atoms with Crippen LogP contribution in [-0.4, -0.2) is 95.2 Å². The van der Waals surface area contributed by atoms with Crippen molar-refractivity contribution in [3.63, 3.8) is 0 Å². The number of hydrogen-bond acceptors (Lipinski definition) is 9. The van der Waals surface area contributed by atoms with Crippen LogP contribution in [0.3, 0.4) is 0 Å². The summed E-state index contributed by atoms with van der Waals surface area (Å²) < 4.78 is 48.0. The van der Waals surface area contributed by atoms with Crippen molar-refractivity contribution >= 4 is 27.9 Å². The molecule has 1 aromatic carbocycles. The summed E-state index contributed by atoms with van der Waals surface area (Å²) >= 11 is 0. The molecule has 0 unspecified atom stereocenters. The summed E-state index contributed by atoms with van der Waals surface area (Å²) in [6, 6.07) is 3.96. The second-order valence-electron chi connectivity index (χ2n) is 7.87. The molecule has 0 aromatic heterocycles. The highest BCUT2D eigenvalue weighted by atomic mass is 32.2. The summed E-state index contributed by atoms with van der Waals surface area (Å²) in [7, 11) is -2.58. The SMILES string of the molecule is CCOC(=O)C1CCN(C(=O)COC(=O)c2ccc(OC)c(S(=O)(=O)N3CCOCC3)c2)CC1. The summed E-state index contributed by atoms with van der Waals surface area (Å²) in [4.78, 5) is 38.3. The average molecular weight is 499 g/mol. The number of piperidine rings is 1. The molecule has 2 aliphatic heterocycles. The van der Waals surface area contributed by atoms with E-state index in [2.05, 4.69) is 0 Å². The van der Waals surface area contributed by atoms with E-state index in [4.69, 9.17) is 18.9 Å². The Kier molecular flexibility index (Phi) is 8.86. The summed E-state index contributed by atoms with van der Waals surface area (Å²) in [6.07, 6.45) is 0.972. The lowest BCUT2D eigenvalue weighted by Crippen LogP contribution is -2.42. The summed E-state index contributed by atoms with van der Waals surface area (Å²) in [5, 5.41) is 0. The molecule has 0 spiro atoms. The lowest BCUT2D eigenvalue weighted by Gasteiger charge is -2.30. The van der Waals surface area contributed by atoms with E-state index in [1.807, 2.05) is 0 Å². The Hall–Kier alpha value is -2.70. The monoisotopic (exact) mass is 498 g/mol. The lowest BCUT2D eigenvalue weighted by atomic mass is 9.97. The Balaban J connectivity index is 1.61. The van der Waals surface area contributed by atoms with Crippen LogP contribution < -0.4 is 4.74 Å². The van der Waals surface area contributed by atoms with Crippen molar-refractivity contribution in [2.24, 2.45) is 5.92 Å². The second kappa shape index (κ2) is 11.6. The molecule has 0 N–H and O–H groups in total. The number of ether oxygens (including phenoxy) is 4. The minimum Gasteiger partial charge on any atom is -0.495 e. The van der Waals surface area contributed by atoms with E-state index >= 15 is 0 Å². The molecule has 3 rings (SSSR count). The van der Waals surface area contributed by atoms with Crippen LogP contribution in [0.5, 0.6) is 5.75 Å². The van der Waals surface area contributed by atoms with Gasteiger partial charge in [-0.05, 0) is 38.0 Å². The standard InChI is InChI=1S/C22H30N2O9S/c1-3-32-21(26)16-6-8-23(9-7-16)20(25)15-33-22(27)17-4-5-18(30-2)19(14-17)34(28,29)24-10-12-31-13-11-24/h4-5,14,16H,3,6-13,15H2,1-2H3. The molecule has 0 saturated carbocycles.